The number of nitrogens with zero attached hydrogens (tertiary/aromatic N) is 1. The highest BCUT2D eigenvalue weighted by molar-refractivity contribution is 4.84. The Morgan fingerprint density at radius 2 is 2.29 bits per heavy atom. The van der Waals surface area contributed by atoms with Crippen LogP contribution in [-0.4, -0.2) is 49.3 Å². The third-order valence-corrected chi connectivity index (χ3v) is 3.63. The summed E-state index contributed by atoms with van der Waals surface area (Å²) < 4.78 is 5.62. The van der Waals surface area contributed by atoms with Crippen LogP contribution in [0.1, 0.15) is 26.7 Å². The van der Waals surface area contributed by atoms with E-state index >= 15 is 0 Å². The van der Waals surface area contributed by atoms with Crippen LogP contribution >= 0.6 is 0 Å². The Morgan fingerprint density at radius 1 is 1.43 bits per heavy atom. The second-order valence-corrected chi connectivity index (χ2v) is 4.60. The smallest absolute Gasteiger partial charge is 0.0700 e. The van der Waals surface area contributed by atoms with E-state index in [9.17, 15) is 0 Å². The molecule has 3 heteroatoms. The number of morpholine rings is 1. The lowest BCUT2D eigenvalue weighted by molar-refractivity contribution is -0.0572. The molecule has 0 spiro atoms. The second kappa shape index (κ2) is 4.60. The zero-order chi connectivity index (χ0) is 9.97. The highest BCUT2D eigenvalue weighted by atomic mass is 16.5. The van der Waals surface area contributed by atoms with Crippen molar-refractivity contribution in [2.45, 2.75) is 44.9 Å². The molecule has 2 heterocycles. The molecule has 0 aromatic rings. The average Bonchev–Trinajstić information content (AvgIpc) is 2.66. The van der Waals surface area contributed by atoms with E-state index in [1.807, 2.05) is 0 Å². The SMILES string of the molecule is CC1OCCN(C[C@@H]2CCCN2)C1C. The van der Waals surface area contributed by atoms with Crippen molar-refractivity contribution in [1.82, 2.24) is 10.2 Å². The van der Waals surface area contributed by atoms with E-state index in [0.29, 0.717) is 12.1 Å². The van der Waals surface area contributed by atoms with Gasteiger partial charge in [0.15, 0.2) is 0 Å². The Balaban J connectivity index is 1.83. The molecule has 2 rings (SSSR count). The number of ether oxygens (including phenoxy) is 1. The van der Waals surface area contributed by atoms with Crippen molar-refractivity contribution >= 4 is 0 Å². The zero-order valence-corrected chi connectivity index (χ0v) is 9.33. The van der Waals surface area contributed by atoms with Crippen LogP contribution in [0.15, 0.2) is 0 Å². The maximum atomic E-state index is 5.62. The maximum absolute atomic E-state index is 5.62. The molecule has 14 heavy (non-hydrogen) atoms. The lowest BCUT2D eigenvalue weighted by Gasteiger charge is -2.39. The van der Waals surface area contributed by atoms with E-state index in [0.717, 1.165) is 19.2 Å². The summed E-state index contributed by atoms with van der Waals surface area (Å²) in [5.41, 5.74) is 0. The summed E-state index contributed by atoms with van der Waals surface area (Å²) >= 11 is 0. The summed E-state index contributed by atoms with van der Waals surface area (Å²) in [7, 11) is 0. The fourth-order valence-corrected chi connectivity index (χ4v) is 2.45. The monoisotopic (exact) mass is 198 g/mol. The van der Waals surface area contributed by atoms with Gasteiger partial charge >= 0.3 is 0 Å². The van der Waals surface area contributed by atoms with Gasteiger partial charge in [-0.15, -0.1) is 0 Å². The van der Waals surface area contributed by atoms with Crippen molar-refractivity contribution in [2.24, 2.45) is 0 Å². The molecule has 1 N–H and O–H groups in total. The van der Waals surface area contributed by atoms with Crippen LogP contribution in [0.25, 0.3) is 0 Å². The largest absolute Gasteiger partial charge is 0.376 e. The number of nitrogens with one attached hydrogen (secondary N) is 1. The van der Waals surface area contributed by atoms with Gasteiger partial charge in [0.1, 0.15) is 0 Å². The highest BCUT2D eigenvalue weighted by Gasteiger charge is 2.27. The van der Waals surface area contributed by atoms with Crippen molar-refractivity contribution in [3.05, 3.63) is 0 Å². The van der Waals surface area contributed by atoms with Crippen molar-refractivity contribution in [3.63, 3.8) is 0 Å². The first-order valence-corrected chi connectivity index (χ1v) is 5.86. The first-order valence-electron chi connectivity index (χ1n) is 5.86. The fraction of sp³-hybridized carbons (Fsp3) is 1.00. The summed E-state index contributed by atoms with van der Waals surface area (Å²) in [6.45, 7) is 8.87. The van der Waals surface area contributed by atoms with Crippen molar-refractivity contribution in [1.29, 1.82) is 0 Å². The number of hydrogen-bond donors (Lipinski definition) is 1. The van der Waals surface area contributed by atoms with E-state index in [2.05, 4.69) is 24.1 Å². The van der Waals surface area contributed by atoms with Gasteiger partial charge in [-0.05, 0) is 33.2 Å². The maximum Gasteiger partial charge on any atom is 0.0700 e. The van der Waals surface area contributed by atoms with Gasteiger partial charge in [0.25, 0.3) is 0 Å². The molecule has 2 unspecified atom stereocenters. The van der Waals surface area contributed by atoms with Gasteiger partial charge in [-0.25, -0.2) is 0 Å². The predicted octanol–water partition coefficient (Wildman–Crippen LogP) is 0.848. The van der Waals surface area contributed by atoms with Gasteiger partial charge in [0, 0.05) is 25.2 Å². The molecule has 0 amide bonds. The second-order valence-electron chi connectivity index (χ2n) is 4.60. The van der Waals surface area contributed by atoms with Crippen molar-refractivity contribution in [3.8, 4) is 0 Å². The summed E-state index contributed by atoms with van der Waals surface area (Å²) in [4.78, 5) is 2.57. The topological polar surface area (TPSA) is 24.5 Å². The Hall–Kier alpha value is -0.120. The van der Waals surface area contributed by atoms with E-state index in [1.54, 1.807) is 0 Å². The van der Waals surface area contributed by atoms with Gasteiger partial charge in [-0.2, -0.15) is 0 Å². The number of hydrogen-bond acceptors (Lipinski definition) is 3. The molecular weight excluding hydrogens is 176 g/mol. The fourth-order valence-electron chi connectivity index (χ4n) is 2.45. The van der Waals surface area contributed by atoms with Gasteiger partial charge in [0.05, 0.1) is 12.7 Å². The molecule has 0 aromatic heterocycles. The van der Waals surface area contributed by atoms with Crippen molar-refractivity contribution in [2.75, 3.05) is 26.2 Å². The Kier molecular flexibility index (Phi) is 3.42. The van der Waals surface area contributed by atoms with Crippen LogP contribution in [0.2, 0.25) is 0 Å². The molecule has 82 valence electrons. The summed E-state index contributed by atoms with van der Waals surface area (Å²) in [5, 5.41) is 3.56. The molecule has 0 aromatic carbocycles. The lowest BCUT2D eigenvalue weighted by Crippen LogP contribution is -2.52. The average molecular weight is 198 g/mol. The van der Waals surface area contributed by atoms with E-state index in [4.69, 9.17) is 4.74 Å². The predicted molar refractivity (Wildman–Crippen MR) is 57.5 cm³/mol. The minimum absolute atomic E-state index is 0.394. The van der Waals surface area contributed by atoms with Gasteiger partial charge in [-0.1, -0.05) is 0 Å². The van der Waals surface area contributed by atoms with Crippen LogP contribution in [0, 0.1) is 0 Å². The quantitative estimate of drug-likeness (QED) is 0.712. The standard InChI is InChI=1S/C11H22N2O/c1-9-10(2)14-7-6-13(9)8-11-4-3-5-12-11/h9-12H,3-8H2,1-2H3/t9?,10?,11-/m0/s1. The van der Waals surface area contributed by atoms with Gasteiger partial charge < -0.3 is 10.1 Å². The molecule has 2 saturated heterocycles. The van der Waals surface area contributed by atoms with Crippen LogP contribution in [0.3, 0.4) is 0 Å². The summed E-state index contributed by atoms with van der Waals surface area (Å²) in [6, 6.07) is 1.30. The molecule has 2 fully saturated rings. The third kappa shape index (κ3) is 2.27. The zero-order valence-electron chi connectivity index (χ0n) is 9.33. The number of rotatable bonds is 2. The summed E-state index contributed by atoms with van der Waals surface area (Å²) in [5.74, 6) is 0. The Morgan fingerprint density at radius 3 is 3.00 bits per heavy atom. The summed E-state index contributed by atoms with van der Waals surface area (Å²) in [6.07, 6.45) is 3.09. The molecule has 3 nitrogen and oxygen atoms in total. The van der Waals surface area contributed by atoms with Gasteiger partial charge in [-0.3, -0.25) is 4.90 Å². The van der Waals surface area contributed by atoms with E-state index < -0.39 is 0 Å². The highest BCUT2D eigenvalue weighted by Crippen LogP contribution is 2.16. The Bertz CT molecular complexity index is 180. The van der Waals surface area contributed by atoms with E-state index in [1.165, 1.54) is 25.9 Å². The molecule has 0 aliphatic carbocycles. The molecule has 2 aliphatic rings. The van der Waals surface area contributed by atoms with Crippen LogP contribution in [0.5, 0.6) is 0 Å². The molecule has 0 saturated carbocycles. The normalized spacial score (nSPS) is 40.3. The molecule has 2 aliphatic heterocycles. The minimum atomic E-state index is 0.394. The molecular formula is C11H22N2O. The first kappa shape index (κ1) is 10.4. The van der Waals surface area contributed by atoms with Crippen LogP contribution in [0.4, 0.5) is 0 Å². The van der Waals surface area contributed by atoms with Crippen LogP contribution in [-0.2, 0) is 4.74 Å². The van der Waals surface area contributed by atoms with Crippen LogP contribution < -0.4 is 5.32 Å². The van der Waals surface area contributed by atoms with Gasteiger partial charge in [0.2, 0.25) is 0 Å². The molecule has 3 atom stereocenters. The minimum Gasteiger partial charge on any atom is -0.376 e. The van der Waals surface area contributed by atoms with Crippen molar-refractivity contribution < 1.29 is 4.74 Å². The molecule has 0 bridgehead atoms. The van der Waals surface area contributed by atoms with E-state index in [-0.39, 0.29) is 0 Å². The third-order valence-electron chi connectivity index (χ3n) is 3.63. The first-order chi connectivity index (χ1) is 6.77. The molecule has 0 radical (unpaired) electrons. The lowest BCUT2D eigenvalue weighted by atomic mass is 10.1. The Labute approximate surface area is 86.8 Å².